The Kier molecular flexibility index (Phi) is 4.03. The zero-order valence-corrected chi connectivity index (χ0v) is 12.6. The van der Waals surface area contributed by atoms with Crippen LogP contribution in [0.3, 0.4) is 0 Å². The number of hydrogen-bond donors (Lipinski definition) is 1. The number of hydrogen-bond acceptors (Lipinski definition) is 4. The van der Waals surface area contributed by atoms with Gasteiger partial charge in [0.1, 0.15) is 12.4 Å². The summed E-state index contributed by atoms with van der Waals surface area (Å²) in [5, 5.41) is 3.30. The zero-order chi connectivity index (χ0) is 13.9. The number of ether oxygens (including phenoxy) is 1. The van der Waals surface area contributed by atoms with Crippen LogP contribution in [0.2, 0.25) is 0 Å². The molecule has 0 fully saturated rings. The summed E-state index contributed by atoms with van der Waals surface area (Å²) in [5.74, 6) is 0.973. The van der Waals surface area contributed by atoms with Crippen LogP contribution in [0.5, 0.6) is 5.75 Å². The minimum atomic E-state index is 0.170. The van der Waals surface area contributed by atoms with E-state index in [1.54, 1.807) is 11.3 Å². The molecule has 1 aliphatic carbocycles. The number of aryl methyl sites for hydroxylation is 1. The Bertz CT molecular complexity index is 594. The molecule has 0 aliphatic heterocycles. The maximum absolute atomic E-state index is 6.09. The minimum Gasteiger partial charge on any atom is -0.487 e. The lowest BCUT2D eigenvalue weighted by Gasteiger charge is -2.10. The van der Waals surface area contributed by atoms with E-state index in [-0.39, 0.29) is 6.04 Å². The van der Waals surface area contributed by atoms with Crippen molar-refractivity contribution < 1.29 is 4.74 Å². The highest BCUT2D eigenvalue weighted by Gasteiger charge is 2.22. The van der Waals surface area contributed by atoms with Crippen LogP contribution in [0.25, 0.3) is 0 Å². The van der Waals surface area contributed by atoms with Crippen LogP contribution >= 0.6 is 11.3 Å². The van der Waals surface area contributed by atoms with Crippen molar-refractivity contribution in [1.82, 2.24) is 4.98 Å². The Balaban J connectivity index is 1.69. The number of nitrogens with two attached hydrogens (primary N) is 1. The molecular weight excluding hydrogens is 268 g/mol. The fourth-order valence-corrected chi connectivity index (χ4v) is 3.57. The largest absolute Gasteiger partial charge is 0.487 e. The molecular formula is C16H20N2OS. The molecule has 0 spiro atoms. The van der Waals surface area contributed by atoms with Crippen molar-refractivity contribution in [2.24, 2.45) is 5.73 Å². The third-order valence-corrected chi connectivity index (χ3v) is 4.67. The summed E-state index contributed by atoms with van der Waals surface area (Å²) < 4.78 is 5.96. The molecule has 1 atom stereocenters. The first-order valence-electron chi connectivity index (χ1n) is 7.21. The van der Waals surface area contributed by atoms with Gasteiger partial charge in [-0.2, -0.15) is 0 Å². The Morgan fingerprint density at radius 2 is 2.35 bits per heavy atom. The van der Waals surface area contributed by atoms with Gasteiger partial charge in [0.15, 0.2) is 0 Å². The molecule has 0 bridgehead atoms. The van der Waals surface area contributed by atoms with Crippen molar-refractivity contribution >= 4 is 11.3 Å². The third-order valence-electron chi connectivity index (χ3n) is 3.71. The first kappa shape index (κ1) is 13.6. The predicted molar refractivity (Wildman–Crippen MR) is 82.1 cm³/mol. The number of fused-ring (bicyclic) bond motifs is 1. The summed E-state index contributed by atoms with van der Waals surface area (Å²) in [6.45, 7) is 2.72. The second kappa shape index (κ2) is 5.94. The molecule has 20 heavy (non-hydrogen) atoms. The van der Waals surface area contributed by atoms with Gasteiger partial charge in [0.2, 0.25) is 0 Å². The molecule has 1 aliphatic rings. The summed E-state index contributed by atoms with van der Waals surface area (Å²) in [6.07, 6.45) is 4.23. The van der Waals surface area contributed by atoms with E-state index in [1.807, 2.05) is 12.1 Å². The molecule has 1 unspecified atom stereocenters. The molecule has 0 saturated heterocycles. The molecule has 3 rings (SSSR count). The molecule has 1 aromatic carbocycles. The standard InChI is InChI=1S/C16H20N2OS/c1-2-4-16-18-11(10-20-16)9-19-15-6-3-5-12-13(15)7-8-14(12)17/h3,5-6,10,14H,2,4,7-9,17H2,1H3. The Hall–Kier alpha value is -1.39. The molecule has 2 aromatic rings. The third kappa shape index (κ3) is 2.72. The van der Waals surface area contributed by atoms with E-state index in [1.165, 1.54) is 16.1 Å². The maximum atomic E-state index is 6.09. The maximum Gasteiger partial charge on any atom is 0.131 e. The second-order valence-electron chi connectivity index (χ2n) is 5.24. The summed E-state index contributed by atoms with van der Waals surface area (Å²) in [7, 11) is 0. The lowest BCUT2D eigenvalue weighted by Crippen LogP contribution is -2.05. The summed E-state index contributed by atoms with van der Waals surface area (Å²) >= 11 is 1.72. The quantitative estimate of drug-likeness (QED) is 0.914. The van der Waals surface area contributed by atoms with Crippen molar-refractivity contribution in [2.75, 3.05) is 0 Å². The Labute approximate surface area is 123 Å². The van der Waals surface area contributed by atoms with Gasteiger partial charge in [-0.1, -0.05) is 19.1 Å². The van der Waals surface area contributed by atoms with Crippen LogP contribution in [0.15, 0.2) is 23.6 Å². The Morgan fingerprint density at radius 1 is 1.45 bits per heavy atom. The molecule has 4 heteroatoms. The van der Waals surface area contributed by atoms with Gasteiger partial charge in [-0.15, -0.1) is 11.3 Å². The molecule has 106 valence electrons. The van der Waals surface area contributed by atoms with Gasteiger partial charge in [-0.05, 0) is 42.9 Å². The van der Waals surface area contributed by atoms with Gasteiger partial charge in [-0.3, -0.25) is 0 Å². The van der Waals surface area contributed by atoms with Crippen molar-refractivity contribution in [3.05, 3.63) is 45.4 Å². The molecule has 0 radical (unpaired) electrons. The van der Waals surface area contributed by atoms with E-state index in [9.17, 15) is 0 Å². The van der Waals surface area contributed by atoms with Crippen LogP contribution in [-0.2, 0) is 19.4 Å². The average molecular weight is 288 g/mol. The number of nitrogens with zero attached hydrogens (tertiary/aromatic N) is 1. The van der Waals surface area contributed by atoms with E-state index in [0.29, 0.717) is 6.61 Å². The second-order valence-corrected chi connectivity index (χ2v) is 6.18. The van der Waals surface area contributed by atoms with Gasteiger partial charge >= 0.3 is 0 Å². The van der Waals surface area contributed by atoms with Gasteiger partial charge < -0.3 is 10.5 Å². The van der Waals surface area contributed by atoms with Crippen molar-refractivity contribution in [3.8, 4) is 5.75 Å². The van der Waals surface area contributed by atoms with E-state index in [4.69, 9.17) is 10.5 Å². The summed E-state index contributed by atoms with van der Waals surface area (Å²) in [4.78, 5) is 4.59. The predicted octanol–water partition coefficient (Wildman–Crippen LogP) is 3.62. The highest BCUT2D eigenvalue weighted by atomic mass is 32.1. The highest BCUT2D eigenvalue weighted by Crippen LogP contribution is 2.35. The summed E-state index contributed by atoms with van der Waals surface area (Å²) in [6, 6.07) is 6.35. The smallest absolute Gasteiger partial charge is 0.131 e. The van der Waals surface area contributed by atoms with E-state index >= 15 is 0 Å². The Morgan fingerprint density at radius 3 is 3.20 bits per heavy atom. The lowest BCUT2D eigenvalue weighted by molar-refractivity contribution is 0.299. The number of rotatable bonds is 5. The topological polar surface area (TPSA) is 48.1 Å². The molecule has 0 saturated carbocycles. The van der Waals surface area contributed by atoms with Crippen molar-refractivity contribution in [3.63, 3.8) is 0 Å². The zero-order valence-electron chi connectivity index (χ0n) is 11.8. The monoisotopic (exact) mass is 288 g/mol. The van der Waals surface area contributed by atoms with Crippen LogP contribution < -0.4 is 10.5 Å². The minimum absolute atomic E-state index is 0.170. The van der Waals surface area contributed by atoms with E-state index in [0.717, 1.165) is 37.1 Å². The molecule has 3 nitrogen and oxygen atoms in total. The number of thiazole rings is 1. The molecule has 1 heterocycles. The van der Waals surface area contributed by atoms with Gasteiger partial charge in [0.25, 0.3) is 0 Å². The van der Waals surface area contributed by atoms with Crippen LogP contribution in [0.1, 0.15) is 47.6 Å². The lowest BCUT2D eigenvalue weighted by atomic mass is 10.1. The van der Waals surface area contributed by atoms with Crippen LogP contribution in [0.4, 0.5) is 0 Å². The van der Waals surface area contributed by atoms with Gasteiger partial charge in [0, 0.05) is 11.4 Å². The fraction of sp³-hybridized carbons (Fsp3) is 0.438. The van der Waals surface area contributed by atoms with E-state index < -0.39 is 0 Å². The normalized spacial score (nSPS) is 17.2. The SMILES string of the molecule is CCCc1nc(COc2cccc3c2CCC3N)cs1. The first-order valence-corrected chi connectivity index (χ1v) is 8.09. The van der Waals surface area contributed by atoms with Crippen molar-refractivity contribution in [2.45, 2.75) is 45.3 Å². The fourth-order valence-electron chi connectivity index (χ4n) is 2.68. The highest BCUT2D eigenvalue weighted by molar-refractivity contribution is 7.09. The van der Waals surface area contributed by atoms with Gasteiger partial charge in [0.05, 0.1) is 10.7 Å². The summed E-state index contributed by atoms with van der Waals surface area (Å²) in [5.41, 5.74) is 9.64. The first-order chi connectivity index (χ1) is 9.78. The van der Waals surface area contributed by atoms with Crippen LogP contribution in [-0.4, -0.2) is 4.98 Å². The molecule has 2 N–H and O–H groups in total. The number of aromatic nitrogens is 1. The van der Waals surface area contributed by atoms with Crippen molar-refractivity contribution in [1.29, 1.82) is 0 Å². The van der Waals surface area contributed by atoms with E-state index in [2.05, 4.69) is 23.4 Å². The average Bonchev–Trinajstić information content (AvgIpc) is 3.05. The number of benzene rings is 1. The van der Waals surface area contributed by atoms with Gasteiger partial charge in [-0.25, -0.2) is 4.98 Å². The molecule has 1 aromatic heterocycles. The molecule has 0 amide bonds. The van der Waals surface area contributed by atoms with Crippen LogP contribution in [0, 0.1) is 0 Å².